The summed E-state index contributed by atoms with van der Waals surface area (Å²) in [6, 6.07) is 7.52. The molecule has 1 saturated heterocycles. The van der Waals surface area contributed by atoms with E-state index in [4.69, 9.17) is 0 Å². The summed E-state index contributed by atoms with van der Waals surface area (Å²) in [6.45, 7) is 1.93. The molecule has 1 aliphatic heterocycles. The molecule has 92 valence electrons. The topological polar surface area (TPSA) is 49.8 Å². The molecule has 0 saturated carbocycles. The van der Waals surface area contributed by atoms with Gasteiger partial charge in [-0.3, -0.25) is 0 Å². The van der Waals surface area contributed by atoms with Crippen LogP contribution in [0.15, 0.2) is 24.3 Å². The van der Waals surface area contributed by atoms with Crippen molar-refractivity contribution in [3.05, 3.63) is 35.4 Å². The zero-order chi connectivity index (χ0) is 12.4. The average molecular weight is 235 g/mol. The van der Waals surface area contributed by atoms with Crippen LogP contribution in [0.1, 0.15) is 23.1 Å². The Morgan fingerprint density at radius 2 is 2.12 bits per heavy atom. The monoisotopic (exact) mass is 235 g/mol. The van der Waals surface area contributed by atoms with Crippen molar-refractivity contribution in [2.75, 3.05) is 27.2 Å². The molecular formula is C13H17NO3. The van der Waals surface area contributed by atoms with Gasteiger partial charge in [-0.25, -0.2) is 4.79 Å². The van der Waals surface area contributed by atoms with Gasteiger partial charge >= 0.3 is 5.97 Å². The fraction of sp³-hybridized carbons (Fsp3) is 0.462. The van der Waals surface area contributed by atoms with E-state index >= 15 is 0 Å². The molecule has 1 N–H and O–H groups in total. The van der Waals surface area contributed by atoms with Gasteiger partial charge in [-0.2, -0.15) is 0 Å². The van der Waals surface area contributed by atoms with Crippen molar-refractivity contribution < 1.29 is 14.6 Å². The third-order valence-electron chi connectivity index (χ3n) is 3.22. The molecule has 4 nitrogen and oxygen atoms in total. The average Bonchev–Trinajstić information content (AvgIpc) is 2.33. The third kappa shape index (κ3) is 2.33. The Morgan fingerprint density at radius 1 is 1.47 bits per heavy atom. The highest BCUT2D eigenvalue weighted by Crippen LogP contribution is 2.31. The van der Waals surface area contributed by atoms with Crippen molar-refractivity contribution in [1.82, 2.24) is 4.90 Å². The van der Waals surface area contributed by atoms with Crippen molar-refractivity contribution >= 4 is 5.97 Å². The molecule has 1 unspecified atom stereocenters. The molecule has 0 bridgehead atoms. The van der Waals surface area contributed by atoms with E-state index in [1.165, 1.54) is 7.11 Å². The van der Waals surface area contributed by atoms with Crippen LogP contribution in [0.3, 0.4) is 0 Å². The molecule has 4 heteroatoms. The van der Waals surface area contributed by atoms with Crippen LogP contribution in [-0.4, -0.2) is 43.2 Å². The molecule has 1 aliphatic rings. The highest BCUT2D eigenvalue weighted by molar-refractivity contribution is 5.76. The van der Waals surface area contributed by atoms with Gasteiger partial charge < -0.3 is 14.7 Å². The maximum absolute atomic E-state index is 11.4. The van der Waals surface area contributed by atoms with E-state index < -0.39 is 12.1 Å². The molecule has 1 aromatic carbocycles. The van der Waals surface area contributed by atoms with E-state index in [1.54, 1.807) is 6.07 Å². The molecule has 2 rings (SSSR count). The molecule has 0 aliphatic carbocycles. The van der Waals surface area contributed by atoms with Gasteiger partial charge in [0.2, 0.25) is 0 Å². The second-order valence-corrected chi connectivity index (χ2v) is 4.47. The van der Waals surface area contributed by atoms with Crippen LogP contribution in [0.4, 0.5) is 0 Å². The molecule has 0 amide bonds. The van der Waals surface area contributed by atoms with Crippen LogP contribution in [-0.2, 0) is 9.53 Å². The number of rotatable bonds is 3. The third-order valence-corrected chi connectivity index (χ3v) is 3.22. The molecule has 1 fully saturated rings. The van der Waals surface area contributed by atoms with Crippen LogP contribution in [0.25, 0.3) is 0 Å². The van der Waals surface area contributed by atoms with Crippen molar-refractivity contribution in [3.63, 3.8) is 0 Å². The standard InChI is InChI=1S/C13H17NO3/c1-14-7-9(8-14)10-5-3-4-6-11(10)12(15)13(16)17-2/h3-6,9,12,15H,7-8H2,1-2H3. The summed E-state index contributed by atoms with van der Waals surface area (Å²) in [5.74, 6) is -0.208. The normalized spacial score (nSPS) is 18.5. The van der Waals surface area contributed by atoms with E-state index in [1.807, 2.05) is 18.2 Å². The van der Waals surface area contributed by atoms with E-state index in [0.29, 0.717) is 11.5 Å². The summed E-state index contributed by atoms with van der Waals surface area (Å²) in [5, 5.41) is 9.92. The Bertz CT molecular complexity index is 413. The minimum absolute atomic E-state index is 0.399. The fourth-order valence-corrected chi connectivity index (χ4v) is 2.27. The van der Waals surface area contributed by atoms with Crippen LogP contribution >= 0.6 is 0 Å². The first-order chi connectivity index (χ1) is 8.13. The highest BCUT2D eigenvalue weighted by Gasteiger charge is 2.30. The van der Waals surface area contributed by atoms with Crippen molar-refractivity contribution in [2.45, 2.75) is 12.0 Å². The first-order valence-electron chi connectivity index (χ1n) is 5.66. The lowest BCUT2D eigenvalue weighted by Crippen LogP contribution is -2.42. The zero-order valence-electron chi connectivity index (χ0n) is 10.1. The lowest BCUT2D eigenvalue weighted by atomic mass is 9.87. The van der Waals surface area contributed by atoms with Crippen molar-refractivity contribution in [2.24, 2.45) is 0 Å². The number of hydrogen-bond donors (Lipinski definition) is 1. The summed E-state index contributed by atoms with van der Waals surface area (Å²) in [7, 11) is 3.33. The molecule has 0 spiro atoms. The van der Waals surface area contributed by atoms with Gasteiger partial charge in [-0.1, -0.05) is 24.3 Å². The SMILES string of the molecule is COC(=O)C(O)c1ccccc1C1CN(C)C1. The summed E-state index contributed by atoms with van der Waals surface area (Å²) < 4.78 is 4.57. The number of carbonyl (C=O) groups is 1. The van der Waals surface area contributed by atoms with Gasteiger partial charge in [0, 0.05) is 19.0 Å². The smallest absolute Gasteiger partial charge is 0.339 e. The number of esters is 1. The molecule has 1 aromatic rings. The number of carbonyl (C=O) groups excluding carboxylic acids is 1. The van der Waals surface area contributed by atoms with Crippen LogP contribution < -0.4 is 0 Å². The molecule has 0 radical (unpaired) electrons. The number of benzene rings is 1. The maximum atomic E-state index is 11.4. The minimum Gasteiger partial charge on any atom is -0.467 e. The number of aliphatic hydroxyl groups excluding tert-OH is 1. The van der Waals surface area contributed by atoms with E-state index in [-0.39, 0.29) is 0 Å². The second-order valence-electron chi connectivity index (χ2n) is 4.47. The van der Waals surface area contributed by atoms with E-state index in [9.17, 15) is 9.90 Å². The summed E-state index contributed by atoms with van der Waals surface area (Å²) in [4.78, 5) is 13.6. The largest absolute Gasteiger partial charge is 0.467 e. The first kappa shape index (κ1) is 12.1. The first-order valence-corrected chi connectivity index (χ1v) is 5.66. The number of aliphatic hydroxyl groups is 1. The molecule has 1 heterocycles. The number of methoxy groups -OCH3 is 1. The summed E-state index contributed by atoms with van der Waals surface area (Å²) in [5.41, 5.74) is 1.71. The van der Waals surface area contributed by atoms with Gasteiger partial charge in [0.25, 0.3) is 0 Å². The Hall–Kier alpha value is -1.39. The Kier molecular flexibility index (Phi) is 3.45. The predicted molar refractivity (Wildman–Crippen MR) is 63.7 cm³/mol. The molecular weight excluding hydrogens is 218 g/mol. The van der Waals surface area contributed by atoms with Crippen molar-refractivity contribution in [3.8, 4) is 0 Å². The molecule has 0 aromatic heterocycles. The van der Waals surface area contributed by atoms with E-state index in [0.717, 1.165) is 18.7 Å². The highest BCUT2D eigenvalue weighted by atomic mass is 16.5. The Balaban J connectivity index is 2.24. The second kappa shape index (κ2) is 4.85. The van der Waals surface area contributed by atoms with Crippen LogP contribution in [0, 0.1) is 0 Å². The quantitative estimate of drug-likeness (QED) is 0.792. The van der Waals surface area contributed by atoms with Gasteiger partial charge in [0.1, 0.15) is 0 Å². The minimum atomic E-state index is -1.18. The van der Waals surface area contributed by atoms with E-state index in [2.05, 4.69) is 16.7 Å². The number of likely N-dealkylation sites (tertiary alicyclic amines) is 1. The molecule has 1 atom stereocenters. The van der Waals surface area contributed by atoms with Crippen molar-refractivity contribution in [1.29, 1.82) is 0 Å². The Labute approximate surface area is 101 Å². The number of likely N-dealkylation sites (N-methyl/N-ethyl adjacent to an activating group) is 1. The zero-order valence-corrected chi connectivity index (χ0v) is 10.1. The number of hydrogen-bond acceptors (Lipinski definition) is 4. The van der Waals surface area contributed by atoms with Gasteiger partial charge in [-0.15, -0.1) is 0 Å². The van der Waals surface area contributed by atoms with Crippen LogP contribution in [0.5, 0.6) is 0 Å². The summed E-state index contributed by atoms with van der Waals surface area (Å²) in [6.07, 6.45) is -1.18. The lowest BCUT2D eigenvalue weighted by Gasteiger charge is -2.37. The lowest BCUT2D eigenvalue weighted by molar-refractivity contribution is -0.150. The van der Waals surface area contributed by atoms with Gasteiger partial charge in [0.05, 0.1) is 7.11 Å². The van der Waals surface area contributed by atoms with Crippen LogP contribution in [0.2, 0.25) is 0 Å². The molecule has 17 heavy (non-hydrogen) atoms. The van der Waals surface area contributed by atoms with Gasteiger partial charge in [0.15, 0.2) is 6.10 Å². The maximum Gasteiger partial charge on any atom is 0.339 e. The Morgan fingerprint density at radius 3 is 2.71 bits per heavy atom. The predicted octanol–water partition coefficient (Wildman–Crippen LogP) is 0.922. The number of ether oxygens (including phenoxy) is 1. The van der Waals surface area contributed by atoms with Gasteiger partial charge in [-0.05, 0) is 18.2 Å². The summed E-state index contributed by atoms with van der Waals surface area (Å²) >= 11 is 0. The fourth-order valence-electron chi connectivity index (χ4n) is 2.27. The number of nitrogens with zero attached hydrogens (tertiary/aromatic N) is 1.